The average Bonchev–Trinajstić information content (AvgIpc) is 2.47. The standard InChI is InChI=1S/C15H20FNO3/c1-19-9-10-20-15(18)17-8-3-2-7-14(17)12-5-4-6-13(16)11-12/h4-6,11,14H,2-3,7-10H2,1H3/t14-/m1/s1. The van der Waals surface area contributed by atoms with Crippen LogP contribution in [0.15, 0.2) is 24.3 Å². The highest BCUT2D eigenvalue weighted by Gasteiger charge is 2.29. The van der Waals surface area contributed by atoms with E-state index in [2.05, 4.69) is 0 Å². The number of rotatable bonds is 4. The summed E-state index contributed by atoms with van der Waals surface area (Å²) in [5, 5.41) is 0. The summed E-state index contributed by atoms with van der Waals surface area (Å²) in [6, 6.07) is 6.33. The van der Waals surface area contributed by atoms with E-state index < -0.39 is 0 Å². The lowest BCUT2D eigenvalue weighted by Gasteiger charge is -2.35. The summed E-state index contributed by atoms with van der Waals surface area (Å²) in [5.74, 6) is -0.277. The van der Waals surface area contributed by atoms with Crippen molar-refractivity contribution in [3.63, 3.8) is 0 Å². The Bertz CT molecular complexity index is 452. The molecule has 2 rings (SSSR count). The SMILES string of the molecule is COCCOC(=O)N1CCCC[C@@H]1c1cccc(F)c1. The summed E-state index contributed by atoms with van der Waals surface area (Å²) in [7, 11) is 1.56. The Morgan fingerprint density at radius 1 is 1.40 bits per heavy atom. The molecule has 5 heteroatoms. The molecule has 0 saturated carbocycles. The van der Waals surface area contributed by atoms with Crippen molar-refractivity contribution in [1.82, 2.24) is 4.90 Å². The fourth-order valence-electron chi connectivity index (χ4n) is 2.51. The molecule has 1 fully saturated rings. The van der Waals surface area contributed by atoms with Gasteiger partial charge >= 0.3 is 6.09 Å². The van der Waals surface area contributed by atoms with Crippen molar-refractivity contribution in [2.45, 2.75) is 25.3 Å². The molecule has 0 N–H and O–H groups in total. The second-order valence-corrected chi connectivity index (χ2v) is 4.87. The van der Waals surface area contributed by atoms with E-state index in [4.69, 9.17) is 9.47 Å². The van der Waals surface area contributed by atoms with Gasteiger partial charge in [0, 0.05) is 13.7 Å². The van der Waals surface area contributed by atoms with Crippen LogP contribution in [0.25, 0.3) is 0 Å². The van der Waals surface area contributed by atoms with E-state index in [-0.39, 0.29) is 24.6 Å². The van der Waals surface area contributed by atoms with Gasteiger partial charge in [-0.05, 0) is 37.0 Å². The Morgan fingerprint density at radius 3 is 3.00 bits per heavy atom. The van der Waals surface area contributed by atoms with Crippen LogP contribution in [0, 0.1) is 5.82 Å². The molecule has 4 nitrogen and oxygen atoms in total. The molecule has 1 aromatic rings. The third-order valence-electron chi connectivity index (χ3n) is 3.48. The first-order valence-electron chi connectivity index (χ1n) is 6.90. The molecule has 0 aromatic heterocycles. The van der Waals surface area contributed by atoms with Gasteiger partial charge in [-0.15, -0.1) is 0 Å². The number of nitrogens with zero attached hydrogens (tertiary/aromatic N) is 1. The smallest absolute Gasteiger partial charge is 0.410 e. The Balaban J connectivity index is 2.07. The molecule has 0 unspecified atom stereocenters. The largest absolute Gasteiger partial charge is 0.447 e. The highest BCUT2D eigenvalue weighted by molar-refractivity contribution is 5.68. The molecule has 0 spiro atoms. The number of carbonyl (C=O) groups is 1. The van der Waals surface area contributed by atoms with E-state index in [0.717, 1.165) is 24.8 Å². The summed E-state index contributed by atoms with van der Waals surface area (Å²) in [5.41, 5.74) is 0.827. The number of amides is 1. The van der Waals surface area contributed by atoms with Crippen molar-refractivity contribution in [3.8, 4) is 0 Å². The molecule has 0 radical (unpaired) electrons. The number of halogens is 1. The molecule has 1 aromatic carbocycles. The van der Waals surface area contributed by atoms with Crippen LogP contribution >= 0.6 is 0 Å². The highest BCUT2D eigenvalue weighted by Crippen LogP contribution is 2.31. The molecule has 1 atom stereocenters. The average molecular weight is 281 g/mol. The molecule has 1 amide bonds. The van der Waals surface area contributed by atoms with Gasteiger partial charge in [-0.25, -0.2) is 9.18 Å². The van der Waals surface area contributed by atoms with E-state index in [0.29, 0.717) is 13.2 Å². The molecule has 1 heterocycles. The summed E-state index contributed by atoms with van der Waals surface area (Å²) in [6.07, 6.45) is 2.47. The first-order chi connectivity index (χ1) is 9.72. The van der Waals surface area contributed by atoms with E-state index in [1.54, 1.807) is 18.1 Å². The number of carbonyl (C=O) groups excluding carboxylic acids is 1. The highest BCUT2D eigenvalue weighted by atomic mass is 19.1. The van der Waals surface area contributed by atoms with Gasteiger partial charge in [-0.3, -0.25) is 0 Å². The molecular weight excluding hydrogens is 261 g/mol. The summed E-state index contributed by atoms with van der Waals surface area (Å²) in [6.45, 7) is 1.26. The molecule has 1 saturated heterocycles. The summed E-state index contributed by atoms with van der Waals surface area (Å²) >= 11 is 0. The van der Waals surface area contributed by atoms with Crippen LogP contribution in [0.2, 0.25) is 0 Å². The Hall–Kier alpha value is -1.62. The number of hydrogen-bond donors (Lipinski definition) is 0. The molecule has 0 bridgehead atoms. The van der Waals surface area contributed by atoms with Crippen LogP contribution in [0.3, 0.4) is 0 Å². The number of methoxy groups -OCH3 is 1. The molecular formula is C15H20FNO3. The molecule has 20 heavy (non-hydrogen) atoms. The topological polar surface area (TPSA) is 38.8 Å². The van der Waals surface area contributed by atoms with Gasteiger partial charge in [0.25, 0.3) is 0 Å². The first kappa shape index (κ1) is 14.8. The summed E-state index contributed by atoms with van der Waals surface area (Å²) in [4.78, 5) is 13.8. The molecule has 1 aliphatic heterocycles. The van der Waals surface area contributed by atoms with Crippen LogP contribution in [0.1, 0.15) is 30.9 Å². The lowest BCUT2D eigenvalue weighted by atomic mass is 9.95. The van der Waals surface area contributed by atoms with E-state index in [9.17, 15) is 9.18 Å². The number of piperidine rings is 1. The second-order valence-electron chi connectivity index (χ2n) is 4.87. The molecule has 0 aliphatic carbocycles. The third kappa shape index (κ3) is 3.70. The van der Waals surface area contributed by atoms with Gasteiger partial charge in [0.2, 0.25) is 0 Å². The van der Waals surface area contributed by atoms with Gasteiger partial charge in [-0.2, -0.15) is 0 Å². The van der Waals surface area contributed by atoms with Crippen LogP contribution in [0.5, 0.6) is 0 Å². The van der Waals surface area contributed by atoms with Crippen molar-refractivity contribution >= 4 is 6.09 Å². The van der Waals surface area contributed by atoms with Crippen LogP contribution in [-0.2, 0) is 9.47 Å². The minimum absolute atomic E-state index is 0.102. The van der Waals surface area contributed by atoms with Crippen molar-refractivity contribution in [2.24, 2.45) is 0 Å². The van der Waals surface area contributed by atoms with Crippen molar-refractivity contribution < 1.29 is 18.7 Å². The van der Waals surface area contributed by atoms with Crippen molar-refractivity contribution in [2.75, 3.05) is 26.9 Å². The lowest BCUT2D eigenvalue weighted by Crippen LogP contribution is -2.39. The van der Waals surface area contributed by atoms with Crippen LogP contribution in [0.4, 0.5) is 9.18 Å². The lowest BCUT2D eigenvalue weighted by molar-refractivity contribution is 0.0522. The number of benzene rings is 1. The maximum Gasteiger partial charge on any atom is 0.410 e. The minimum Gasteiger partial charge on any atom is -0.447 e. The summed E-state index contributed by atoms with van der Waals surface area (Å²) < 4.78 is 23.4. The molecule has 110 valence electrons. The van der Waals surface area contributed by atoms with Crippen LogP contribution in [-0.4, -0.2) is 37.9 Å². The normalized spacial score (nSPS) is 18.9. The third-order valence-corrected chi connectivity index (χ3v) is 3.48. The zero-order chi connectivity index (χ0) is 14.4. The van der Waals surface area contributed by atoms with Gasteiger partial charge in [-0.1, -0.05) is 12.1 Å². The van der Waals surface area contributed by atoms with E-state index in [1.165, 1.54) is 12.1 Å². The number of ether oxygens (including phenoxy) is 2. The fraction of sp³-hybridized carbons (Fsp3) is 0.533. The fourth-order valence-corrected chi connectivity index (χ4v) is 2.51. The zero-order valence-electron chi connectivity index (χ0n) is 11.7. The van der Waals surface area contributed by atoms with Crippen LogP contribution < -0.4 is 0 Å². The Labute approximate surface area is 118 Å². The van der Waals surface area contributed by atoms with E-state index >= 15 is 0 Å². The monoisotopic (exact) mass is 281 g/mol. The Kier molecular flexibility index (Phi) is 5.35. The first-order valence-corrected chi connectivity index (χ1v) is 6.90. The Morgan fingerprint density at radius 2 is 2.25 bits per heavy atom. The van der Waals surface area contributed by atoms with Gasteiger partial charge in [0.05, 0.1) is 12.6 Å². The molecule has 1 aliphatic rings. The van der Waals surface area contributed by atoms with Gasteiger partial charge in [0.15, 0.2) is 0 Å². The van der Waals surface area contributed by atoms with Crippen molar-refractivity contribution in [3.05, 3.63) is 35.6 Å². The maximum absolute atomic E-state index is 13.3. The maximum atomic E-state index is 13.3. The predicted molar refractivity (Wildman–Crippen MR) is 72.9 cm³/mol. The quantitative estimate of drug-likeness (QED) is 0.796. The second kappa shape index (κ2) is 7.24. The number of likely N-dealkylation sites (tertiary alicyclic amines) is 1. The van der Waals surface area contributed by atoms with E-state index in [1.807, 2.05) is 6.07 Å². The number of hydrogen-bond acceptors (Lipinski definition) is 3. The van der Waals surface area contributed by atoms with Crippen molar-refractivity contribution in [1.29, 1.82) is 0 Å². The zero-order valence-corrected chi connectivity index (χ0v) is 11.7. The van der Waals surface area contributed by atoms with Gasteiger partial charge < -0.3 is 14.4 Å². The minimum atomic E-state index is -0.351. The predicted octanol–water partition coefficient (Wildman–Crippen LogP) is 3.14. The van der Waals surface area contributed by atoms with Gasteiger partial charge in [0.1, 0.15) is 12.4 Å².